The molecule has 1 atom stereocenters. The number of nitrogens with zero attached hydrogens (tertiary/aromatic N) is 2. The molecule has 0 spiro atoms. The number of hydrogen-bond acceptors (Lipinski definition) is 3. The molecule has 2 heterocycles. The van der Waals surface area contributed by atoms with E-state index < -0.39 is 11.9 Å². The monoisotopic (exact) mass is 527 g/mol. The zero-order chi connectivity index (χ0) is 21.5. The van der Waals surface area contributed by atoms with Gasteiger partial charge in [-0.2, -0.15) is 0 Å². The number of amides is 2. The molecular formula is C24H19FIN3O2. The topological polar surface area (TPSA) is 52.7 Å². The van der Waals surface area contributed by atoms with Gasteiger partial charge in [-0.05, 0) is 64.0 Å². The lowest BCUT2D eigenvalue weighted by Crippen LogP contribution is -2.50. The van der Waals surface area contributed by atoms with Crippen LogP contribution in [-0.2, 0) is 17.9 Å². The largest absolute Gasteiger partial charge is 0.381 e. The molecule has 3 aromatic rings. The Kier molecular flexibility index (Phi) is 5.13. The van der Waals surface area contributed by atoms with E-state index in [4.69, 9.17) is 0 Å². The molecule has 7 heteroatoms. The highest BCUT2D eigenvalue weighted by molar-refractivity contribution is 14.1. The number of anilines is 2. The average molecular weight is 527 g/mol. The molecule has 1 N–H and O–H groups in total. The van der Waals surface area contributed by atoms with Crippen LogP contribution in [0.5, 0.6) is 0 Å². The maximum atomic E-state index is 14.1. The molecule has 2 amide bonds. The van der Waals surface area contributed by atoms with Crippen molar-refractivity contribution in [1.29, 1.82) is 0 Å². The van der Waals surface area contributed by atoms with Crippen molar-refractivity contribution in [1.82, 2.24) is 4.90 Å². The maximum Gasteiger partial charge on any atom is 0.255 e. The number of carbonyl (C=O) groups is 2. The summed E-state index contributed by atoms with van der Waals surface area (Å²) < 4.78 is 15.1. The third-order valence-electron chi connectivity index (χ3n) is 5.75. The molecule has 0 saturated carbocycles. The second-order valence-electron chi connectivity index (χ2n) is 7.70. The maximum absolute atomic E-state index is 14.1. The van der Waals surface area contributed by atoms with Crippen molar-refractivity contribution in [2.45, 2.75) is 19.1 Å². The lowest BCUT2D eigenvalue weighted by atomic mass is 10.1. The Hall–Kier alpha value is -2.94. The Labute approximate surface area is 193 Å². The fourth-order valence-electron chi connectivity index (χ4n) is 4.19. The number of rotatable bonds is 3. The molecule has 3 aromatic carbocycles. The number of benzene rings is 3. The molecule has 0 unspecified atom stereocenters. The summed E-state index contributed by atoms with van der Waals surface area (Å²) in [5.74, 6) is -0.786. The van der Waals surface area contributed by atoms with Crippen LogP contribution in [0.1, 0.15) is 21.5 Å². The van der Waals surface area contributed by atoms with Crippen LogP contribution in [-0.4, -0.2) is 29.3 Å². The molecule has 0 fully saturated rings. The molecule has 5 rings (SSSR count). The molecule has 31 heavy (non-hydrogen) atoms. The van der Waals surface area contributed by atoms with Gasteiger partial charge < -0.3 is 15.1 Å². The Morgan fingerprint density at radius 2 is 1.84 bits per heavy atom. The zero-order valence-electron chi connectivity index (χ0n) is 16.5. The molecule has 2 aliphatic rings. The Balaban J connectivity index is 1.52. The van der Waals surface area contributed by atoms with E-state index in [1.54, 1.807) is 15.9 Å². The van der Waals surface area contributed by atoms with Crippen LogP contribution in [0, 0.1) is 9.39 Å². The third-order valence-corrected chi connectivity index (χ3v) is 6.42. The van der Waals surface area contributed by atoms with Crippen LogP contribution in [0.25, 0.3) is 0 Å². The zero-order valence-corrected chi connectivity index (χ0v) is 18.7. The van der Waals surface area contributed by atoms with Crippen LogP contribution in [0.4, 0.5) is 15.8 Å². The summed E-state index contributed by atoms with van der Waals surface area (Å²) in [4.78, 5) is 30.1. The Bertz CT molecular complexity index is 1180. The standard InChI is InChI=1S/C24H19FIN3O2/c25-17-7-9-20-21(10-17)28(13-15-4-2-1-3-5-15)24(31)22(12-27-20)29-14-16-6-8-18(26)11-19(16)23(29)30/h1-11,22,27H,12-14H2/t22-/m0/s1. The van der Waals surface area contributed by atoms with Crippen molar-refractivity contribution in [3.63, 3.8) is 0 Å². The van der Waals surface area contributed by atoms with E-state index in [0.717, 1.165) is 14.7 Å². The van der Waals surface area contributed by atoms with Gasteiger partial charge in [0.15, 0.2) is 0 Å². The summed E-state index contributed by atoms with van der Waals surface area (Å²) >= 11 is 2.18. The SMILES string of the molecule is O=C1[C@@H](N2Cc3ccc(I)cc3C2=O)CNc2ccc(F)cc2N1Cc1ccccc1. The number of hydrogen-bond donors (Lipinski definition) is 1. The third kappa shape index (κ3) is 3.67. The highest BCUT2D eigenvalue weighted by atomic mass is 127. The lowest BCUT2D eigenvalue weighted by molar-refractivity contribution is -0.122. The quantitative estimate of drug-likeness (QED) is 0.514. The molecule has 5 nitrogen and oxygen atoms in total. The van der Waals surface area contributed by atoms with Gasteiger partial charge in [0.1, 0.15) is 11.9 Å². The molecule has 0 radical (unpaired) electrons. The number of nitrogens with one attached hydrogen (secondary N) is 1. The van der Waals surface area contributed by atoms with Crippen LogP contribution in [0.3, 0.4) is 0 Å². The van der Waals surface area contributed by atoms with Gasteiger partial charge in [0.25, 0.3) is 11.8 Å². The minimum Gasteiger partial charge on any atom is -0.381 e. The Morgan fingerprint density at radius 3 is 2.65 bits per heavy atom. The van der Waals surface area contributed by atoms with Crippen LogP contribution in [0.2, 0.25) is 0 Å². The van der Waals surface area contributed by atoms with Crippen LogP contribution < -0.4 is 10.2 Å². The highest BCUT2D eigenvalue weighted by Gasteiger charge is 2.40. The number of halogens is 2. The van der Waals surface area contributed by atoms with E-state index in [1.165, 1.54) is 12.1 Å². The summed E-state index contributed by atoms with van der Waals surface area (Å²) in [6, 6.07) is 19.0. The van der Waals surface area contributed by atoms with Crippen molar-refractivity contribution in [2.24, 2.45) is 0 Å². The van der Waals surface area contributed by atoms with E-state index in [9.17, 15) is 14.0 Å². The summed E-state index contributed by atoms with van der Waals surface area (Å²) in [5, 5.41) is 3.26. The smallest absolute Gasteiger partial charge is 0.255 e. The van der Waals surface area contributed by atoms with Gasteiger partial charge in [0, 0.05) is 22.2 Å². The van der Waals surface area contributed by atoms with Crippen molar-refractivity contribution in [3.05, 3.63) is 92.8 Å². The van der Waals surface area contributed by atoms with Crippen molar-refractivity contribution in [2.75, 3.05) is 16.8 Å². The van der Waals surface area contributed by atoms with Gasteiger partial charge in [0.2, 0.25) is 0 Å². The fraction of sp³-hybridized carbons (Fsp3) is 0.167. The minimum atomic E-state index is -0.697. The molecule has 0 aromatic heterocycles. The first kappa shape index (κ1) is 20.0. The summed E-state index contributed by atoms with van der Waals surface area (Å²) in [7, 11) is 0. The molecule has 156 valence electrons. The highest BCUT2D eigenvalue weighted by Crippen LogP contribution is 2.34. The summed E-state index contributed by atoms with van der Waals surface area (Å²) in [6.45, 7) is 0.938. The molecule has 0 saturated heterocycles. The van der Waals surface area contributed by atoms with Gasteiger partial charge >= 0.3 is 0 Å². The molecule has 2 aliphatic heterocycles. The van der Waals surface area contributed by atoms with E-state index in [2.05, 4.69) is 27.9 Å². The summed E-state index contributed by atoms with van der Waals surface area (Å²) in [5.41, 5.74) is 3.64. The average Bonchev–Trinajstić information content (AvgIpc) is 3.02. The molecule has 0 aliphatic carbocycles. The number of fused-ring (bicyclic) bond motifs is 2. The minimum absolute atomic E-state index is 0.148. The normalized spacial score (nSPS) is 17.8. The van der Waals surface area contributed by atoms with Gasteiger partial charge in [-0.1, -0.05) is 36.4 Å². The second kappa shape index (κ2) is 7.96. The second-order valence-corrected chi connectivity index (χ2v) is 8.95. The fourth-order valence-corrected chi connectivity index (χ4v) is 4.68. The van der Waals surface area contributed by atoms with Crippen LogP contribution >= 0.6 is 22.6 Å². The Morgan fingerprint density at radius 1 is 1.03 bits per heavy atom. The van der Waals surface area contributed by atoms with E-state index in [1.807, 2.05) is 48.5 Å². The van der Waals surface area contributed by atoms with E-state index in [0.29, 0.717) is 30.0 Å². The molecular weight excluding hydrogens is 508 g/mol. The molecule has 0 bridgehead atoms. The van der Waals surface area contributed by atoms with Crippen molar-refractivity contribution in [3.8, 4) is 0 Å². The van der Waals surface area contributed by atoms with E-state index in [-0.39, 0.29) is 18.4 Å². The first-order valence-electron chi connectivity index (χ1n) is 9.99. The predicted octanol–water partition coefficient (Wildman–Crippen LogP) is 4.41. The first-order chi connectivity index (χ1) is 15.0. The van der Waals surface area contributed by atoms with Gasteiger partial charge in [0.05, 0.1) is 17.9 Å². The first-order valence-corrected chi connectivity index (χ1v) is 11.1. The number of carbonyl (C=O) groups excluding carboxylic acids is 2. The van der Waals surface area contributed by atoms with Crippen molar-refractivity contribution >= 4 is 45.8 Å². The van der Waals surface area contributed by atoms with Crippen LogP contribution in [0.15, 0.2) is 66.7 Å². The lowest BCUT2D eigenvalue weighted by Gasteiger charge is -2.30. The predicted molar refractivity (Wildman–Crippen MR) is 125 cm³/mol. The van der Waals surface area contributed by atoms with E-state index >= 15 is 0 Å². The van der Waals surface area contributed by atoms with Gasteiger partial charge in [-0.3, -0.25) is 9.59 Å². The van der Waals surface area contributed by atoms with Gasteiger partial charge in [-0.15, -0.1) is 0 Å². The summed E-state index contributed by atoms with van der Waals surface area (Å²) in [6.07, 6.45) is 0. The van der Waals surface area contributed by atoms with Crippen molar-refractivity contribution < 1.29 is 14.0 Å². The van der Waals surface area contributed by atoms with Gasteiger partial charge in [-0.25, -0.2) is 4.39 Å².